The average molecular weight is 312 g/mol. The normalized spacial score (nSPS) is 11.5. The minimum absolute atomic E-state index is 0.129. The largest absolute Gasteiger partial charge is 0.396 e. The highest BCUT2D eigenvalue weighted by molar-refractivity contribution is 7.98. The summed E-state index contributed by atoms with van der Waals surface area (Å²) in [6.07, 6.45) is 4.86. The number of aliphatic hydroxyl groups is 1. The Balaban J connectivity index is 2.68. The molecule has 1 aromatic heterocycles. The molecule has 6 heteroatoms. The van der Waals surface area contributed by atoms with Gasteiger partial charge in [-0.3, -0.25) is 0 Å². The van der Waals surface area contributed by atoms with E-state index in [1.54, 1.807) is 11.8 Å². The lowest BCUT2D eigenvalue weighted by molar-refractivity contribution is 0.248. The molecular formula is C15H28N4OS. The summed E-state index contributed by atoms with van der Waals surface area (Å²) < 4.78 is 0. The Morgan fingerprint density at radius 3 is 2.48 bits per heavy atom. The molecule has 21 heavy (non-hydrogen) atoms. The van der Waals surface area contributed by atoms with E-state index >= 15 is 0 Å². The van der Waals surface area contributed by atoms with E-state index in [1.807, 2.05) is 12.3 Å². The molecule has 1 rings (SSSR count). The smallest absolute Gasteiger partial charge is 0.191 e. The zero-order valence-corrected chi connectivity index (χ0v) is 14.4. The highest BCUT2D eigenvalue weighted by Crippen LogP contribution is 2.24. The fraction of sp³-hybridized carbons (Fsp3) is 0.733. The maximum Gasteiger partial charge on any atom is 0.191 e. The molecule has 120 valence electrons. The van der Waals surface area contributed by atoms with Crippen molar-refractivity contribution in [3.05, 3.63) is 6.07 Å². The van der Waals surface area contributed by atoms with Crippen LogP contribution in [0.5, 0.6) is 0 Å². The number of hydrogen-bond acceptors (Lipinski definition) is 6. The Hall–Kier alpha value is -1.01. The summed E-state index contributed by atoms with van der Waals surface area (Å²) in [6, 6.07) is 1.96. The molecule has 0 fully saturated rings. The van der Waals surface area contributed by atoms with Gasteiger partial charge >= 0.3 is 0 Å². The standard InChI is InChI=1S/C15H28N4OS/c1-5-8-16-12-10-13(19-14(18-12)21-4)17-11-15(2,3)7-6-9-20/h10,20H,5-9,11H2,1-4H3,(H2,16,17,18,19). The zero-order valence-electron chi connectivity index (χ0n) is 13.6. The molecule has 0 spiro atoms. The summed E-state index contributed by atoms with van der Waals surface area (Å²) >= 11 is 1.54. The molecule has 5 nitrogen and oxygen atoms in total. The average Bonchev–Trinajstić information content (AvgIpc) is 2.49. The van der Waals surface area contributed by atoms with Gasteiger partial charge in [0.05, 0.1) is 0 Å². The topological polar surface area (TPSA) is 70.1 Å². The van der Waals surface area contributed by atoms with E-state index in [0.717, 1.165) is 49.1 Å². The van der Waals surface area contributed by atoms with E-state index in [-0.39, 0.29) is 12.0 Å². The summed E-state index contributed by atoms with van der Waals surface area (Å²) in [5.74, 6) is 1.72. The molecule has 0 unspecified atom stereocenters. The third-order valence-electron chi connectivity index (χ3n) is 3.20. The number of nitrogens with one attached hydrogen (secondary N) is 2. The van der Waals surface area contributed by atoms with Gasteiger partial charge in [-0.25, -0.2) is 9.97 Å². The Morgan fingerprint density at radius 1 is 1.24 bits per heavy atom. The molecule has 0 aromatic carbocycles. The number of aliphatic hydroxyl groups excluding tert-OH is 1. The first-order chi connectivity index (χ1) is 10.0. The summed E-state index contributed by atoms with van der Waals surface area (Å²) in [6.45, 7) is 8.51. The first kappa shape index (κ1) is 18.0. The molecule has 0 amide bonds. The van der Waals surface area contributed by atoms with Gasteiger partial charge in [-0.1, -0.05) is 32.5 Å². The van der Waals surface area contributed by atoms with E-state index in [1.165, 1.54) is 0 Å². The second-order valence-corrected chi connectivity index (χ2v) is 6.67. The van der Waals surface area contributed by atoms with Gasteiger partial charge < -0.3 is 15.7 Å². The van der Waals surface area contributed by atoms with Crippen molar-refractivity contribution in [2.45, 2.75) is 45.2 Å². The summed E-state index contributed by atoms with van der Waals surface area (Å²) in [4.78, 5) is 8.95. The Morgan fingerprint density at radius 2 is 1.90 bits per heavy atom. The number of anilines is 2. The highest BCUT2D eigenvalue weighted by atomic mass is 32.2. The predicted molar refractivity (Wildman–Crippen MR) is 91.2 cm³/mol. The van der Waals surface area contributed by atoms with Gasteiger partial charge in [0.1, 0.15) is 11.6 Å². The van der Waals surface area contributed by atoms with Crippen LogP contribution in [0, 0.1) is 5.41 Å². The van der Waals surface area contributed by atoms with Gasteiger partial charge in [-0.15, -0.1) is 0 Å². The van der Waals surface area contributed by atoms with Crippen LogP contribution in [-0.2, 0) is 0 Å². The van der Waals surface area contributed by atoms with Crippen molar-refractivity contribution in [1.82, 2.24) is 9.97 Å². The molecule has 0 saturated heterocycles. The van der Waals surface area contributed by atoms with Crippen LogP contribution in [0.2, 0.25) is 0 Å². The van der Waals surface area contributed by atoms with Gasteiger partial charge in [-0.2, -0.15) is 0 Å². The maximum absolute atomic E-state index is 8.95. The first-order valence-electron chi connectivity index (χ1n) is 7.52. The molecule has 3 N–H and O–H groups in total. The second kappa shape index (κ2) is 9.10. The van der Waals surface area contributed by atoms with Crippen molar-refractivity contribution < 1.29 is 5.11 Å². The molecule has 0 bridgehead atoms. The molecular weight excluding hydrogens is 284 g/mol. The summed E-state index contributed by atoms with van der Waals surface area (Å²) in [7, 11) is 0. The van der Waals surface area contributed by atoms with Crippen LogP contribution in [0.3, 0.4) is 0 Å². The zero-order chi connectivity index (χ0) is 15.7. The van der Waals surface area contributed by atoms with Crippen molar-refractivity contribution in [2.24, 2.45) is 5.41 Å². The van der Waals surface area contributed by atoms with Gasteiger partial charge in [0.25, 0.3) is 0 Å². The lowest BCUT2D eigenvalue weighted by Crippen LogP contribution is -2.24. The molecule has 1 heterocycles. The third kappa shape index (κ3) is 7.00. The van der Waals surface area contributed by atoms with E-state index in [0.29, 0.717) is 0 Å². The second-order valence-electron chi connectivity index (χ2n) is 5.90. The highest BCUT2D eigenvalue weighted by Gasteiger charge is 2.17. The number of aromatic nitrogens is 2. The van der Waals surface area contributed by atoms with Crippen molar-refractivity contribution in [2.75, 3.05) is 36.6 Å². The van der Waals surface area contributed by atoms with Gasteiger partial charge in [0.2, 0.25) is 0 Å². The van der Waals surface area contributed by atoms with Gasteiger partial charge in [0.15, 0.2) is 5.16 Å². The number of nitrogens with zero attached hydrogens (tertiary/aromatic N) is 2. The monoisotopic (exact) mass is 312 g/mol. The Kier molecular flexibility index (Phi) is 7.82. The van der Waals surface area contributed by atoms with Crippen LogP contribution in [0.1, 0.15) is 40.0 Å². The Bertz CT molecular complexity index is 426. The summed E-state index contributed by atoms with van der Waals surface area (Å²) in [5, 5.41) is 16.4. The molecule has 0 saturated carbocycles. The molecule has 1 aromatic rings. The molecule has 0 radical (unpaired) electrons. The van der Waals surface area contributed by atoms with Crippen molar-refractivity contribution >= 4 is 23.4 Å². The van der Waals surface area contributed by atoms with Crippen molar-refractivity contribution in [1.29, 1.82) is 0 Å². The Labute approximate surface area is 132 Å². The third-order valence-corrected chi connectivity index (χ3v) is 3.75. The minimum atomic E-state index is 0.129. The van der Waals surface area contributed by atoms with E-state index < -0.39 is 0 Å². The number of thioether (sulfide) groups is 1. The quantitative estimate of drug-likeness (QED) is 0.455. The fourth-order valence-electron chi connectivity index (χ4n) is 1.93. The predicted octanol–water partition coefficient (Wildman–Crippen LogP) is 3.23. The lowest BCUT2D eigenvalue weighted by Gasteiger charge is -2.25. The molecule has 0 aliphatic rings. The van der Waals surface area contributed by atoms with E-state index in [9.17, 15) is 0 Å². The van der Waals surface area contributed by atoms with Gasteiger partial charge in [-0.05, 0) is 30.9 Å². The van der Waals surface area contributed by atoms with Crippen LogP contribution in [0.15, 0.2) is 11.2 Å². The van der Waals surface area contributed by atoms with Crippen LogP contribution < -0.4 is 10.6 Å². The molecule has 0 aliphatic carbocycles. The lowest BCUT2D eigenvalue weighted by atomic mass is 9.88. The van der Waals surface area contributed by atoms with E-state index in [4.69, 9.17) is 5.11 Å². The number of hydrogen-bond donors (Lipinski definition) is 3. The van der Waals surface area contributed by atoms with Crippen molar-refractivity contribution in [3.63, 3.8) is 0 Å². The fourth-order valence-corrected chi connectivity index (χ4v) is 2.31. The molecule has 0 atom stereocenters. The van der Waals surface area contributed by atoms with Crippen LogP contribution in [0.25, 0.3) is 0 Å². The van der Waals surface area contributed by atoms with Gasteiger partial charge in [0, 0.05) is 25.8 Å². The summed E-state index contributed by atoms with van der Waals surface area (Å²) in [5.41, 5.74) is 0.129. The molecule has 0 aliphatic heterocycles. The van der Waals surface area contributed by atoms with E-state index in [2.05, 4.69) is 41.4 Å². The van der Waals surface area contributed by atoms with Crippen molar-refractivity contribution in [3.8, 4) is 0 Å². The SMILES string of the molecule is CCCNc1cc(NCC(C)(C)CCCO)nc(SC)n1. The minimum Gasteiger partial charge on any atom is -0.396 e. The van der Waals surface area contributed by atoms with Crippen LogP contribution in [-0.4, -0.2) is 41.0 Å². The maximum atomic E-state index is 8.95. The number of rotatable bonds is 10. The van der Waals surface area contributed by atoms with Crippen LogP contribution >= 0.6 is 11.8 Å². The van der Waals surface area contributed by atoms with Crippen LogP contribution in [0.4, 0.5) is 11.6 Å². The first-order valence-corrected chi connectivity index (χ1v) is 8.75.